The highest BCUT2D eigenvalue weighted by atomic mass is 35.5. The summed E-state index contributed by atoms with van der Waals surface area (Å²) in [5, 5.41) is 18.3. The molecule has 0 aliphatic carbocycles. The molecule has 0 bridgehead atoms. The first-order valence-corrected chi connectivity index (χ1v) is 7.13. The number of amides is 2. The Balaban J connectivity index is 1.98. The Morgan fingerprint density at radius 2 is 2.13 bits per heavy atom. The summed E-state index contributed by atoms with van der Waals surface area (Å²) in [5.41, 5.74) is 0.440. The molecule has 0 spiro atoms. The van der Waals surface area contributed by atoms with Crippen molar-refractivity contribution in [1.29, 1.82) is 5.26 Å². The van der Waals surface area contributed by atoms with Crippen LogP contribution in [0.4, 0.5) is 5.82 Å². The molecule has 0 unspecified atom stereocenters. The minimum atomic E-state index is -0.507. The number of aryl methyl sites for hydroxylation is 1. The van der Waals surface area contributed by atoms with Gasteiger partial charge in [-0.15, -0.1) is 0 Å². The van der Waals surface area contributed by atoms with Crippen molar-refractivity contribution < 1.29 is 9.59 Å². The molecular formula is C14H11Cl2N5O2. The summed E-state index contributed by atoms with van der Waals surface area (Å²) in [6.07, 6.45) is 1.33. The average Bonchev–Trinajstić information content (AvgIpc) is 2.85. The van der Waals surface area contributed by atoms with E-state index < -0.39 is 11.8 Å². The molecule has 0 atom stereocenters. The Bertz CT molecular complexity index is 810. The lowest BCUT2D eigenvalue weighted by Gasteiger charge is -2.08. The molecule has 0 saturated heterocycles. The number of nitrogens with zero attached hydrogens (tertiary/aromatic N) is 3. The number of carbonyl (C=O) groups excluding carboxylic acids is 2. The van der Waals surface area contributed by atoms with E-state index in [1.54, 1.807) is 7.05 Å². The summed E-state index contributed by atoms with van der Waals surface area (Å²) in [4.78, 5) is 23.9. The highest BCUT2D eigenvalue weighted by Gasteiger charge is 2.14. The number of nitrogens with one attached hydrogen (secondary N) is 2. The molecule has 1 aromatic carbocycles. The van der Waals surface area contributed by atoms with Gasteiger partial charge in [-0.3, -0.25) is 14.3 Å². The zero-order valence-corrected chi connectivity index (χ0v) is 13.4. The van der Waals surface area contributed by atoms with Gasteiger partial charge in [0.2, 0.25) is 5.91 Å². The van der Waals surface area contributed by atoms with Gasteiger partial charge < -0.3 is 10.6 Å². The zero-order chi connectivity index (χ0) is 17.0. The third-order valence-corrected chi connectivity index (χ3v) is 3.45. The summed E-state index contributed by atoms with van der Waals surface area (Å²) in [7, 11) is 1.59. The van der Waals surface area contributed by atoms with E-state index in [0.717, 1.165) is 0 Å². The zero-order valence-electron chi connectivity index (χ0n) is 11.9. The quantitative estimate of drug-likeness (QED) is 0.879. The van der Waals surface area contributed by atoms with Gasteiger partial charge in [-0.25, -0.2) is 0 Å². The van der Waals surface area contributed by atoms with Gasteiger partial charge in [-0.2, -0.15) is 10.4 Å². The van der Waals surface area contributed by atoms with Crippen LogP contribution in [0.15, 0.2) is 24.4 Å². The van der Waals surface area contributed by atoms with E-state index in [4.69, 9.17) is 28.5 Å². The Morgan fingerprint density at radius 3 is 2.78 bits per heavy atom. The SMILES string of the molecule is Cn1ncc(C#N)c1NC(=O)CNC(=O)c1ccc(Cl)cc1Cl. The second-order valence-corrected chi connectivity index (χ2v) is 5.34. The lowest BCUT2D eigenvalue weighted by atomic mass is 10.2. The van der Waals surface area contributed by atoms with Crippen LogP contribution in [0.25, 0.3) is 0 Å². The summed E-state index contributed by atoms with van der Waals surface area (Å²) in [5.74, 6) is -0.743. The number of anilines is 1. The van der Waals surface area contributed by atoms with Crippen molar-refractivity contribution >= 4 is 40.8 Å². The lowest BCUT2D eigenvalue weighted by Crippen LogP contribution is -2.33. The van der Waals surface area contributed by atoms with E-state index in [1.165, 1.54) is 29.1 Å². The summed E-state index contributed by atoms with van der Waals surface area (Å²) in [6.45, 7) is -0.284. The molecule has 1 aromatic heterocycles. The van der Waals surface area contributed by atoms with Crippen LogP contribution in [0.1, 0.15) is 15.9 Å². The van der Waals surface area contributed by atoms with E-state index in [-0.39, 0.29) is 28.5 Å². The fourth-order valence-corrected chi connectivity index (χ4v) is 2.27. The number of rotatable bonds is 4. The standard InChI is InChI=1S/C14H11Cl2N5O2/c1-21-13(8(5-17)6-19-21)20-12(22)7-18-14(23)10-3-2-9(15)4-11(10)16/h2-4,6H,7H2,1H3,(H,18,23)(H,20,22). The van der Waals surface area contributed by atoms with E-state index in [1.807, 2.05) is 6.07 Å². The number of hydrogen-bond donors (Lipinski definition) is 2. The first-order valence-electron chi connectivity index (χ1n) is 6.37. The van der Waals surface area contributed by atoms with Gasteiger partial charge in [-0.1, -0.05) is 23.2 Å². The smallest absolute Gasteiger partial charge is 0.253 e. The molecule has 0 radical (unpaired) electrons. The summed E-state index contributed by atoms with van der Waals surface area (Å²) in [6, 6.07) is 6.34. The van der Waals surface area contributed by atoms with Crippen molar-refractivity contribution in [3.8, 4) is 6.07 Å². The summed E-state index contributed by atoms with van der Waals surface area (Å²) >= 11 is 11.7. The van der Waals surface area contributed by atoms with Crippen molar-refractivity contribution in [1.82, 2.24) is 15.1 Å². The van der Waals surface area contributed by atoms with Crippen LogP contribution in [0.5, 0.6) is 0 Å². The maximum Gasteiger partial charge on any atom is 0.253 e. The van der Waals surface area contributed by atoms with Crippen LogP contribution in [0, 0.1) is 11.3 Å². The van der Waals surface area contributed by atoms with E-state index in [2.05, 4.69) is 15.7 Å². The van der Waals surface area contributed by atoms with Crippen LogP contribution in [0.3, 0.4) is 0 Å². The molecule has 0 aliphatic heterocycles. The largest absolute Gasteiger partial charge is 0.343 e. The second kappa shape index (κ2) is 7.13. The topological polar surface area (TPSA) is 99.8 Å². The van der Waals surface area contributed by atoms with Crippen LogP contribution < -0.4 is 10.6 Å². The molecule has 7 nitrogen and oxygen atoms in total. The van der Waals surface area contributed by atoms with Crippen molar-refractivity contribution in [3.63, 3.8) is 0 Å². The number of aromatic nitrogens is 2. The first kappa shape index (κ1) is 16.8. The van der Waals surface area contributed by atoms with Gasteiger partial charge in [-0.05, 0) is 18.2 Å². The number of benzene rings is 1. The van der Waals surface area contributed by atoms with Crippen LogP contribution in [-0.2, 0) is 11.8 Å². The van der Waals surface area contributed by atoms with Crippen LogP contribution in [0.2, 0.25) is 10.0 Å². The molecule has 1 heterocycles. The molecule has 23 heavy (non-hydrogen) atoms. The molecule has 2 amide bonds. The number of nitriles is 1. The van der Waals surface area contributed by atoms with E-state index >= 15 is 0 Å². The monoisotopic (exact) mass is 351 g/mol. The first-order chi connectivity index (χ1) is 10.9. The highest BCUT2D eigenvalue weighted by Crippen LogP contribution is 2.20. The Hall–Kier alpha value is -2.56. The maximum atomic E-state index is 12.0. The predicted octanol–water partition coefficient (Wildman–Crippen LogP) is 1.97. The molecule has 0 fully saturated rings. The summed E-state index contributed by atoms with van der Waals surface area (Å²) < 4.78 is 1.36. The Morgan fingerprint density at radius 1 is 1.39 bits per heavy atom. The van der Waals surface area contributed by atoms with Crippen molar-refractivity contribution in [3.05, 3.63) is 45.6 Å². The fourth-order valence-electron chi connectivity index (χ4n) is 1.77. The van der Waals surface area contributed by atoms with E-state index in [0.29, 0.717) is 5.02 Å². The van der Waals surface area contributed by atoms with Crippen molar-refractivity contribution in [2.24, 2.45) is 7.05 Å². The molecular weight excluding hydrogens is 341 g/mol. The van der Waals surface area contributed by atoms with Crippen LogP contribution >= 0.6 is 23.2 Å². The highest BCUT2D eigenvalue weighted by molar-refractivity contribution is 6.36. The average molecular weight is 352 g/mol. The van der Waals surface area contributed by atoms with Crippen molar-refractivity contribution in [2.75, 3.05) is 11.9 Å². The van der Waals surface area contributed by atoms with Gasteiger partial charge in [0.1, 0.15) is 17.5 Å². The molecule has 2 rings (SSSR count). The molecule has 9 heteroatoms. The molecule has 2 aromatic rings. The number of hydrogen-bond acceptors (Lipinski definition) is 4. The lowest BCUT2D eigenvalue weighted by molar-refractivity contribution is -0.115. The Kier molecular flexibility index (Phi) is 5.21. The predicted molar refractivity (Wildman–Crippen MR) is 85.3 cm³/mol. The Labute approximate surface area is 141 Å². The third kappa shape index (κ3) is 4.00. The van der Waals surface area contributed by atoms with Crippen molar-refractivity contribution in [2.45, 2.75) is 0 Å². The molecule has 0 saturated carbocycles. The second-order valence-electron chi connectivity index (χ2n) is 4.50. The molecule has 0 aliphatic rings. The van der Waals surface area contributed by atoms with Gasteiger partial charge in [0.15, 0.2) is 0 Å². The van der Waals surface area contributed by atoms with Gasteiger partial charge in [0.25, 0.3) is 5.91 Å². The van der Waals surface area contributed by atoms with Gasteiger partial charge in [0, 0.05) is 12.1 Å². The fraction of sp³-hybridized carbons (Fsp3) is 0.143. The normalized spacial score (nSPS) is 10.0. The number of halogens is 2. The number of carbonyl (C=O) groups is 2. The van der Waals surface area contributed by atoms with Gasteiger partial charge >= 0.3 is 0 Å². The van der Waals surface area contributed by atoms with Crippen LogP contribution in [-0.4, -0.2) is 28.1 Å². The molecule has 118 valence electrons. The maximum absolute atomic E-state index is 12.0. The van der Waals surface area contributed by atoms with E-state index in [9.17, 15) is 9.59 Å². The minimum Gasteiger partial charge on any atom is -0.343 e. The third-order valence-electron chi connectivity index (χ3n) is 2.90. The minimum absolute atomic E-state index is 0.189. The molecule has 2 N–H and O–H groups in total. The van der Waals surface area contributed by atoms with Gasteiger partial charge in [0.05, 0.1) is 23.3 Å².